The van der Waals surface area contributed by atoms with Gasteiger partial charge >= 0.3 is 5.88 Å². The maximum Gasteiger partial charge on any atom is 0.433 e. The van der Waals surface area contributed by atoms with Gasteiger partial charge in [0.05, 0.1) is 18.0 Å². The van der Waals surface area contributed by atoms with Crippen molar-refractivity contribution in [1.29, 1.82) is 0 Å². The summed E-state index contributed by atoms with van der Waals surface area (Å²) in [5, 5.41) is 13.1. The van der Waals surface area contributed by atoms with E-state index in [0.717, 1.165) is 6.07 Å². The van der Waals surface area contributed by atoms with Gasteiger partial charge in [-0.25, -0.2) is 4.98 Å². The Morgan fingerprint density at radius 3 is 2.72 bits per heavy atom. The lowest BCUT2D eigenvalue weighted by molar-refractivity contribution is -0.402. The number of carbonyl (C=O) groups excluding carboxylic acids is 1. The van der Waals surface area contributed by atoms with Crippen LogP contribution in [0.2, 0.25) is 5.15 Å². The number of rotatable bonds is 3. The fraction of sp³-hybridized carbons (Fsp3) is 0. The van der Waals surface area contributed by atoms with E-state index in [2.05, 4.69) is 10.3 Å². The molecule has 0 atom stereocenters. The predicted molar refractivity (Wildman–Crippen MR) is 62.6 cm³/mol. The van der Waals surface area contributed by atoms with Crippen LogP contribution in [0.5, 0.6) is 0 Å². The van der Waals surface area contributed by atoms with Crippen LogP contribution in [0.3, 0.4) is 0 Å². The summed E-state index contributed by atoms with van der Waals surface area (Å²) in [6.45, 7) is 0. The number of pyridine rings is 1. The van der Waals surface area contributed by atoms with Crippen molar-refractivity contribution in [1.82, 2.24) is 4.98 Å². The highest BCUT2D eigenvalue weighted by atomic mass is 35.5. The molecule has 0 saturated heterocycles. The molecule has 0 fully saturated rings. The molecule has 2 heterocycles. The van der Waals surface area contributed by atoms with Crippen molar-refractivity contribution >= 4 is 29.1 Å². The molecule has 0 bridgehead atoms. The average Bonchev–Trinajstić information content (AvgIpc) is 2.81. The zero-order chi connectivity index (χ0) is 13.1. The third kappa shape index (κ3) is 2.64. The molecule has 0 spiro atoms. The summed E-state index contributed by atoms with van der Waals surface area (Å²) in [6.07, 6.45) is 1.36. The Balaban J connectivity index is 2.11. The summed E-state index contributed by atoms with van der Waals surface area (Å²) in [5.74, 6) is -1.25. The van der Waals surface area contributed by atoms with Gasteiger partial charge in [-0.15, -0.1) is 0 Å². The van der Waals surface area contributed by atoms with Gasteiger partial charge < -0.3 is 9.73 Å². The molecule has 0 unspecified atom stereocenters. The number of amides is 1. The van der Waals surface area contributed by atoms with Crippen LogP contribution in [0.4, 0.5) is 11.6 Å². The smallest absolute Gasteiger partial charge is 0.395 e. The molecule has 0 radical (unpaired) electrons. The van der Waals surface area contributed by atoms with E-state index >= 15 is 0 Å². The largest absolute Gasteiger partial charge is 0.433 e. The molecule has 0 aromatic carbocycles. The Morgan fingerprint density at radius 2 is 2.17 bits per heavy atom. The molecule has 0 saturated carbocycles. The minimum atomic E-state index is -0.722. The van der Waals surface area contributed by atoms with Gasteiger partial charge in [-0.05, 0) is 18.2 Å². The highest BCUT2D eigenvalue weighted by molar-refractivity contribution is 6.29. The number of anilines is 1. The molecule has 18 heavy (non-hydrogen) atoms. The van der Waals surface area contributed by atoms with E-state index in [4.69, 9.17) is 16.0 Å². The highest BCUT2D eigenvalue weighted by Gasteiger charge is 2.17. The van der Waals surface area contributed by atoms with Crippen molar-refractivity contribution in [3.63, 3.8) is 0 Å². The van der Waals surface area contributed by atoms with Gasteiger partial charge in [0.25, 0.3) is 5.91 Å². The van der Waals surface area contributed by atoms with Crippen molar-refractivity contribution < 1.29 is 14.1 Å². The molecule has 0 aliphatic heterocycles. The van der Waals surface area contributed by atoms with Gasteiger partial charge in [0.15, 0.2) is 5.76 Å². The summed E-state index contributed by atoms with van der Waals surface area (Å²) in [4.78, 5) is 25.1. The predicted octanol–water partition coefficient (Wildman–Crippen LogP) is 2.49. The molecule has 92 valence electrons. The Kier molecular flexibility index (Phi) is 3.24. The van der Waals surface area contributed by atoms with Crippen molar-refractivity contribution in [2.24, 2.45) is 0 Å². The molecule has 1 N–H and O–H groups in total. The summed E-state index contributed by atoms with van der Waals surface area (Å²) in [5.41, 5.74) is 0.406. The van der Waals surface area contributed by atoms with Crippen LogP contribution in [0, 0.1) is 10.1 Å². The van der Waals surface area contributed by atoms with E-state index in [-0.39, 0.29) is 5.76 Å². The second-order valence-corrected chi connectivity index (χ2v) is 3.61. The first-order valence-corrected chi connectivity index (χ1v) is 5.11. The highest BCUT2D eigenvalue weighted by Crippen LogP contribution is 2.17. The van der Waals surface area contributed by atoms with E-state index in [1.807, 2.05) is 0 Å². The van der Waals surface area contributed by atoms with Crippen LogP contribution in [0.15, 0.2) is 34.9 Å². The Labute approximate surface area is 106 Å². The van der Waals surface area contributed by atoms with Gasteiger partial charge in [-0.1, -0.05) is 11.6 Å². The van der Waals surface area contributed by atoms with E-state index in [1.165, 1.54) is 18.3 Å². The molecular weight excluding hydrogens is 262 g/mol. The van der Waals surface area contributed by atoms with Crippen LogP contribution in [-0.2, 0) is 0 Å². The first-order valence-electron chi connectivity index (χ1n) is 4.73. The van der Waals surface area contributed by atoms with Gasteiger partial charge in [0.1, 0.15) is 10.1 Å². The second kappa shape index (κ2) is 4.84. The second-order valence-electron chi connectivity index (χ2n) is 3.22. The van der Waals surface area contributed by atoms with E-state index in [0.29, 0.717) is 10.8 Å². The van der Waals surface area contributed by atoms with Crippen LogP contribution in [0.1, 0.15) is 10.6 Å². The number of halogens is 1. The van der Waals surface area contributed by atoms with Crippen molar-refractivity contribution in [2.45, 2.75) is 0 Å². The van der Waals surface area contributed by atoms with Crippen LogP contribution in [0.25, 0.3) is 0 Å². The first kappa shape index (κ1) is 12.1. The SMILES string of the molecule is O=C(Nc1ccc(Cl)nc1)c1ccc([N+](=O)[O-])o1. The lowest BCUT2D eigenvalue weighted by atomic mass is 10.4. The van der Waals surface area contributed by atoms with E-state index < -0.39 is 16.7 Å². The molecule has 7 nitrogen and oxygen atoms in total. The van der Waals surface area contributed by atoms with E-state index in [9.17, 15) is 14.9 Å². The summed E-state index contributed by atoms with van der Waals surface area (Å²) in [7, 11) is 0. The van der Waals surface area contributed by atoms with Crippen LogP contribution >= 0.6 is 11.6 Å². The quantitative estimate of drug-likeness (QED) is 0.523. The number of furan rings is 1. The summed E-state index contributed by atoms with van der Waals surface area (Å²) < 4.78 is 4.75. The minimum Gasteiger partial charge on any atom is -0.395 e. The molecule has 1 amide bonds. The number of nitrogens with zero attached hydrogens (tertiary/aromatic N) is 2. The number of nitro groups is 1. The summed E-state index contributed by atoms with van der Waals surface area (Å²) in [6, 6.07) is 5.37. The van der Waals surface area contributed by atoms with Crippen molar-refractivity contribution in [3.05, 3.63) is 51.5 Å². The maximum absolute atomic E-state index is 11.6. The molecule has 0 aliphatic carbocycles. The Hall–Kier alpha value is -2.41. The molecule has 2 rings (SSSR count). The normalized spacial score (nSPS) is 10.1. The number of nitrogens with one attached hydrogen (secondary N) is 1. The topological polar surface area (TPSA) is 98.3 Å². The monoisotopic (exact) mass is 267 g/mol. The number of aromatic nitrogens is 1. The van der Waals surface area contributed by atoms with Crippen LogP contribution < -0.4 is 5.32 Å². The lowest BCUT2D eigenvalue weighted by Crippen LogP contribution is -2.10. The summed E-state index contributed by atoms with van der Waals surface area (Å²) >= 11 is 5.59. The Bertz CT molecular complexity index is 593. The third-order valence-corrected chi connectivity index (χ3v) is 2.20. The third-order valence-electron chi connectivity index (χ3n) is 1.98. The van der Waals surface area contributed by atoms with Crippen molar-refractivity contribution in [3.8, 4) is 0 Å². The lowest BCUT2D eigenvalue weighted by Gasteiger charge is -2.01. The maximum atomic E-state index is 11.6. The minimum absolute atomic E-state index is 0.156. The molecule has 0 aliphatic rings. The molecule has 8 heteroatoms. The molecule has 2 aromatic heterocycles. The zero-order valence-corrected chi connectivity index (χ0v) is 9.55. The zero-order valence-electron chi connectivity index (χ0n) is 8.79. The fourth-order valence-corrected chi connectivity index (χ4v) is 1.30. The van der Waals surface area contributed by atoms with Crippen LogP contribution in [-0.4, -0.2) is 15.8 Å². The molecule has 2 aromatic rings. The van der Waals surface area contributed by atoms with Gasteiger partial charge in [0, 0.05) is 0 Å². The fourth-order valence-electron chi connectivity index (χ4n) is 1.19. The van der Waals surface area contributed by atoms with Gasteiger partial charge in [0.2, 0.25) is 0 Å². The Morgan fingerprint density at radius 1 is 1.39 bits per heavy atom. The number of hydrogen-bond acceptors (Lipinski definition) is 5. The van der Waals surface area contributed by atoms with Gasteiger partial charge in [-0.3, -0.25) is 14.9 Å². The molecular formula is C10H6ClN3O4. The van der Waals surface area contributed by atoms with E-state index in [1.54, 1.807) is 6.07 Å². The number of hydrogen-bond donors (Lipinski definition) is 1. The standard InChI is InChI=1S/C10H6ClN3O4/c11-8-3-1-6(5-12-8)13-10(15)7-2-4-9(18-7)14(16)17/h1-5H,(H,13,15). The first-order chi connectivity index (χ1) is 8.56. The van der Waals surface area contributed by atoms with Crippen molar-refractivity contribution in [2.75, 3.05) is 5.32 Å². The number of carbonyl (C=O) groups is 1. The average molecular weight is 268 g/mol. The van der Waals surface area contributed by atoms with Gasteiger partial charge in [-0.2, -0.15) is 0 Å².